The quantitative estimate of drug-likeness (QED) is 0.725. The van der Waals surface area contributed by atoms with Crippen LogP contribution in [-0.2, 0) is 4.84 Å². The first-order chi connectivity index (χ1) is 5.99. The van der Waals surface area contributed by atoms with E-state index in [2.05, 4.69) is 15.1 Å². The predicted octanol–water partition coefficient (Wildman–Crippen LogP) is 0.998. The van der Waals surface area contributed by atoms with E-state index in [1.165, 1.54) is 0 Å². The predicted molar refractivity (Wildman–Crippen MR) is 48.2 cm³/mol. The van der Waals surface area contributed by atoms with Crippen molar-refractivity contribution in [1.29, 1.82) is 0 Å². The van der Waals surface area contributed by atoms with Crippen molar-refractivity contribution < 1.29 is 9.63 Å². The Kier molecular flexibility index (Phi) is 2.94. The fourth-order valence-electron chi connectivity index (χ4n) is 0.515. The normalized spacial score (nSPS) is 11.3. The summed E-state index contributed by atoms with van der Waals surface area (Å²) in [6.07, 6.45) is 0. The Morgan fingerprint density at radius 2 is 2.31 bits per heavy atom. The number of hydroxylamine groups is 1. The molecule has 13 heavy (non-hydrogen) atoms. The van der Waals surface area contributed by atoms with E-state index in [-0.39, 0.29) is 11.6 Å². The van der Waals surface area contributed by atoms with Crippen molar-refractivity contribution in [2.24, 2.45) is 0 Å². The molecule has 1 N–H and O–H groups in total. The molecule has 1 amide bonds. The largest absolute Gasteiger partial charge is 0.296 e. The van der Waals surface area contributed by atoms with Gasteiger partial charge in [-0.25, -0.2) is 5.48 Å². The highest BCUT2D eigenvalue weighted by Crippen LogP contribution is 2.04. The van der Waals surface area contributed by atoms with Crippen LogP contribution in [-0.4, -0.2) is 21.1 Å². The number of hydrogen-bond acceptors (Lipinski definition) is 5. The first-order valence-corrected chi connectivity index (χ1v) is 4.58. The zero-order valence-corrected chi connectivity index (χ0v) is 8.51. The molecule has 0 aromatic carbocycles. The summed E-state index contributed by atoms with van der Waals surface area (Å²) < 4.78 is 3.56. The molecule has 0 aliphatic heterocycles. The number of carbonyl (C=O) groups is 1. The standard InChI is InChI=1S/C7H11N3O2S/c1-7(2,3)12-9-6(11)5-4-13-10-8-5/h4H,1-3H3,(H,9,11). The van der Waals surface area contributed by atoms with E-state index < -0.39 is 5.60 Å². The Labute approximate surface area is 80.2 Å². The van der Waals surface area contributed by atoms with Gasteiger partial charge < -0.3 is 0 Å². The summed E-state index contributed by atoms with van der Waals surface area (Å²) in [5, 5.41) is 5.15. The Hall–Kier alpha value is -1.01. The van der Waals surface area contributed by atoms with Gasteiger partial charge in [0.25, 0.3) is 5.91 Å². The number of amides is 1. The Morgan fingerprint density at radius 1 is 1.62 bits per heavy atom. The molecular formula is C7H11N3O2S. The minimum absolute atomic E-state index is 0.272. The lowest BCUT2D eigenvalue weighted by atomic mass is 10.2. The van der Waals surface area contributed by atoms with Gasteiger partial charge in [0.15, 0.2) is 5.69 Å². The molecule has 0 aliphatic rings. The first kappa shape index (κ1) is 10.1. The zero-order valence-electron chi connectivity index (χ0n) is 7.70. The van der Waals surface area contributed by atoms with Crippen LogP contribution in [0.1, 0.15) is 31.3 Å². The molecule has 0 atom stereocenters. The zero-order chi connectivity index (χ0) is 9.90. The van der Waals surface area contributed by atoms with E-state index in [1.54, 1.807) is 5.38 Å². The van der Waals surface area contributed by atoms with Crippen LogP contribution in [0.4, 0.5) is 0 Å². The molecular weight excluding hydrogens is 190 g/mol. The highest BCUT2D eigenvalue weighted by Gasteiger charge is 2.14. The molecule has 0 aliphatic carbocycles. The molecule has 1 aromatic heterocycles. The van der Waals surface area contributed by atoms with Crippen LogP contribution in [0.5, 0.6) is 0 Å². The summed E-state index contributed by atoms with van der Waals surface area (Å²) in [6, 6.07) is 0. The highest BCUT2D eigenvalue weighted by atomic mass is 32.1. The Bertz CT molecular complexity index is 278. The van der Waals surface area contributed by atoms with Gasteiger partial charge in [0, 0.05) is 5.38 Å². The van der Waals surface area contributed by atoms with Crippen molar-refractivity contribution in [1.82, 2.24) is 15.1 Å². The van der Waals surface area contributed by atoms with Gasteiger partial charge in [-0.15, -0.1) is 5.10 Å². The maximum atomic E-state index is 11.2. The van der Waals surface area contributed by atoms with Gasteiger partial charge in [-0.1, -0.05) is 4.49 Å². The highest BCUT2D eigenvalue weighted by molar-refractivity contribution is 7.03. The van der Waals surface area contributed by atoms with Crippen molar-refractivity contribution in [3.8, 4) is 0 Å². The number of aromatic nitrogens is 2. The van der Waals surface area contributed by atoms with Gasteiger partial charge in [0.05, 0.1) is 5.60 Å². The van der Waals surface area contributed by atoms with Crippen molar-refractivity contribution in [3.63, 3.8) is 0 Å². The lowest BCUT2D eigenvalue weighted by Gasteiger charge is -2.18. The third-order valence-electron chi connectivity index (χ3n) is 1.04. The summed E-state index contributed by atoms with van der Waals surface area (Å²) in [7, 11) is 0. The average molecular weight is 201 g/mol. The molecule has 1 aromatic rings. The van der Waals surface area contributed by atoms with Gasteiger partial charge in [0.1, 0.15) is 0 Å². The van der Waals surface area contributed by atoms with E-state index in [0.717, 1.165) is 11.5 Å². The van der Waals surface area contributed by atoms with E-state index in [9.17, 15) is 4.79 Å². The van der Waals surface area contributed by atoms with E-state index in [0.29, 0.717) is 0 Å². The SMILES string of the molecule is CC(C)(C)ONC(=O)c1csnn1. The molecule has 1 rings (SSSR count). The number of nitrogens with zero attached hydrogens (tertiary/aromatic N) is 2. The number of nitrogens with one attached hydrogen (secondary N) is 1. The summed E-state index contributed by atoms with van der Waals surface area (Å²) in [5.41, 5.74) is 2.16. The van der Waals surface area contributed by atoms with Gasteiger partial charge in [-0.2, -0.15) is 0 Å². The molecule has 0 radical (unpaired) electrons. The van der Waals surface area contributed by atoms with E-state index >= 15 is 0 Å². The molecule has 6 heteroatoms. The van der Waals surface area contributed by atoms with Gasteiger partial charge in [-0.3, -0.25) is 9.63 Å². The molecule has 0 saturated carbocycles. The third-order valence-corrected chi connectivity index (χ3v) is 1.55. The van der Waals surface area contributed by atoms with Gasteiger partial charge >= 0.3 is 0 Å². The van der Waals surface area contributed by atoms with Crippen LogP contribution in [0.2, 0.25) is 0 Å². The molecule has 0 spiro atoms. The summed E-state index contributed by atoms with van der Waals surface area (Å²) >= 11 is 1.12. The first-order valence-electron chi connectivity index (χ1n) is 3.74. The summed E-state index contributed by atoms with van der Waals surface area (Å²) in [4.78, 5) is 16.3. The number of rotatable bonds is 2. The fraction of sp³-hybridized carbons (Fsp3) is 0.571. The smallest absolute Gasteiger partial charge is 0.268 e. The van der Waals surface area contributed by atoms with Crippen LogP contribution >= 0.6 is 11.5 Å². The van der Waals surface area contributed by atoms with Crippen molar-refractivity contribution in [2.45, 2.75) is 26.4 Å². The molecule has 0 bridgehead atoms. The topological polar surface area (TPSA) is 64.1 Å². The van der Waals surface area contributed by atoms with Crippen molar-refractivity contribution in [2.75, 3.05) is 0 Å². The summed E-state index contributed by atoms with van der Waals surface area (Å²) in [5.74, 6) is -0.372. The second kappa shape index (κ2) is 3.80. The maximum absolute atomic E-state index is 11.2. The van der Waals surface area contributed by atoms with Crippen LogP contribution in [0, 0.1) is 0 Å². The molecule has 0 saturated heterocycles. The minimum Gasteiger partial charge on any atom is -0.268 e. The van der Waals surface area contributed by atoms with Crippen LogP contribution in [0.3, 0.4) is 0 Å². The van der Waals surface area contributed by atoms with Crippen LogP contribution in [0.15, 0.2) is 5.38 Å². The molecule has 1 heterocycles. The number of carbonyl (C=O) groups excluding carboxylic acids is 1. The molecule has 0 fully saturated rings. The lowest BCUT2D eigenvalue weighted by molar-refractivity contribution is -0.0591. The van der Waals surface area contributed by atoms with E-state index in [1.807, 2.05) is 20.8 Å². The second-order valence-electron chi connectivity index (χ2n) is 3.44. The molecule has 72 valence electrons. The average Bonchev–Trinajstić information content (AvgIpc) is 2.50. The Balaban J connectivity index is 2.44. The third kappa shape index (κ3) is 3.47. The van der Waals surface area contributed by atoms with Gasteiger partial charge in [-0.05, 0) is 32.3 Å². The van der Waals surface area contributed by atoms with E-state index in [4.69, 9.17) is 4.84 Å². The second-order valence-corrected chi connectivity index (χ2v) is 4.05. The Morgan fingerprint density at radius 3 is 2.77 bits per heavy atom. The van der Waals surface area contributed by atoms with Crippen molar-refractivity contribution in [3.05, 3.63) is 11.1 Å². The molecule has 0 unspecified atom stereocenters. The molecule has 5 nitrogen and oxygen atoms in total. The minimum atomic E-state index is -0.404. The lowest BCUT2D eigenvalue weighted by Crippen LogP contribution is -2.33. The van der Waals surface area contributed by atoms with Crippen LogP contribution in [0.25, 0.3) is 0 Å². The van der Waals surface area contributed by atoms with Gasteiger partial charge in [0.2, 0.25) is 0 Å². The monoisotopic (exact) mass is 201 g/mol. The fourth-order valence-corrected chi connectivity index (χ4v) is 0.952. The van der Waals surface area contributed by atoms with Crippen molar-refractivity contribution >= 4 is 17.4 Å². The number of hydrogen-bond donors (Lipinski definition) is 1. The van der Waals surface area contributed by atoms with Crippen LogP contribution < -0.4 is 5.48 Å². The summed E-state index contributed by atoms with van der Waals surface area (Å²) in [6.45, 7) is 5.52. The maximum Gasteiger partial charge on any atom is 0.296 e.